The van der Waals surface area contributed by atoms with Crippen LogP contribution in [0.2, 0.25) is 5.02 Å². The van der Waals surface area contributed by atoms with E-state index in [-0.39, 0.29) is 5.90 Å². The van der Waals surface area contributed by atoms with Crippen LogP contribution in [0.15, 0.2) is 18.2 Å². The zero-order valence-electron chi connectivity index (χ0n) is 7.73. The van der Waals surface area contributed by atoms with Crippen LogP contribution in [0, 0.1) is 12.3 Å². The molecule has 2 nitrogen and oxygen atoms in total. The van der Waals surface area contributed by atoms with Gasteiger partial charge >= 0.3 is 0 Å². The molecule has 1 aromatic rings. The maximum absolute atomic E-state index is 7.56. The lowest BCUT2D eigenvalue weighted by Crippen LogP contribution is -2.05. The van der Waals surface area contributed by atoms with Crippen LogP contribution in [0.5, 0.6) is 0 Å². The van der Waals surface area contributed by atoms with Crippen molar-refractivity contribution in [1.29, 1.82) is 5.41 Å². The predicted octanol–water partition coefficient (Wildman–Crippen LogP) is 3.01. The van der Waals surface area contributed by atoms with Crippen molar-refractivity contribution < 1.29 is 4.74 Å². The van der Waals surface area contributed by atoms with E-state index in [1.165, 1.54) is 0 Å². The molecular weight excluding hydrogens is 186 g/mol. The molecule has 0 bridgehead atoms. The molecule has 1 N–H and O–H groups in total. The summed E-state index contributed by atoms with van der Waals surface area (Å²) < 4.78 is 5.06. The molecule has 0 atom stereocenters. The molecule has 0 saturated heterocycles. The normalized spacial score (nSPS) is 9.77. The molecule has 0 aliphatic heterocycles. The molecule has 0 spiro atoms. The number of benzene rings is 1. The molecule has 0 aliphatic carbocycles. The minimum atomic E-state index is 0.135. The number of rotatable bonds is 2. The number of hydrogen-bond donors (Lipinski definition) is 1. The first kappa shape index (κ1) is 10.1. The Kier molecular flexibility index (Phi) is 3.32. The van der Waals surface area contributed by atoms with Crippen LogP contribution in [-0.2, 0) is 4.74 Å². The fourth-order valence-electron chi connectivity index (χ4n) is 1.04. The standard InChI is InChI=1S/C10H12ClNO/c1-3-13-10(12)8-6-7(2)4-5-9(8)11/h4-6,12H,3H2,1-2H3. The number of hydrogen-bond acceptors (Lipinski definition) is 2. The zero-order valence-corrected chi connectivity index (χ0v) is 8.48. The second kappa shape index (κ2) is 4.28. The lowest BCUT2D eigenvalue weighted by molar-refractivity contribution is 0.325. The molecule has 1 rings (SSSR count). The highest BCUT2D eigenvalue weighted by molar-refractivity contribution is 6.33. The molecular formula is C10H12ClNO. The molecule has 13 heavy (non-hydrogen) atoms. The van der Waals surface area contributed by atoms with E-state index in [4.69, 9.17) is 21.7 Å². The van der Waals surface area contributed by atoms with Gasteiger partial charge in [0.2, 0.25) is 5.90 Å². The second-order valence-corrected chi connectivity index (χ2v) is 3.15. The van der Waals surface area contributed by atoms with E-state index >= 15 is 0 Å². The van der Waals surface area contributed by atoms with Crippen LogP contribution in [0.4, 0.5) is 0 Å². The van der Waals surface area contributed by atoms with Crippen molar-refractivity contribution in [1.82, 2.24) is 0 Å². The zero-order chi connectivity index (χ0) is 9.84. The van der Waals surface area contributed by atoms with Crippen LogP contribution < -0.4 is 0 Å². The van der Waals surface area contributed by atoms with Crippen LogP contribution in [0.25, 0.3) is 0 Å². The Morgan fingerprint density at radius 1 is 1.54 bits per heavy atom. The third-order valence-electron chi connectivity index (χ3n) is 1.66. The van der Waals surface area contributed by atoms with Crippen molar-refractivity contribution in [3.8, 4) is 0 Å². The van der Waals surface area contributed by atoms with Crippen LogP contribution in [0.1, 0.15) is 18.1 Å². The van der Waals surface area contributed by atoms with Gasteiger partial charge in [0.1, 0.15) is 0 Å². The Labute approximate surface area is 83.0 Å². The highest BCUT2D eigenvalue weighted by Gasteiger charge is 2.06. The third-order valence-corrected chi connectivity index (χ3v) is 1.98. The molecule has 0 fully saturated rings. The summed E-state index contributed by atoms with van der Waals surface area (Å²) in [5.41, 5.74) is 1.73. The van der Waals surface area contributed by atoms with Crippen molar-refractivity contribution in [3.05, 3.63) is 34.3 Å². The van der Waals surface area contributed by atoms with E-state index in [1.807, 2.05) is 26.0 Å². The number of ether oxygens (including phenoxy) is 1. The second-order valence-electron chi connectivity index (χ2n) is 2.75. The molecule has 0 aromatic heterocycles. The predicted molar refractivity (Wildman–Crippen MR) is 54.6 cm³/mol. The fourth-order valence-corrected chi connectivity index (χ4v) is 1.24. The van der Waals surface area contributed by atoms with Crippen LogP contribution >= 0.6 is 11.6 Å². The maximum atomic E-state index is 7.56. The molecule has 0 heterocycles. The van der Waals surface area contributed by atoms with E-state index in [0.29, 0.717) is 17.2 Å². The van der Waals surface area contributed by atoms with E-state index in [2.05, 4.69) is 0 Å². The van der Waals surface area contributed by atoms with Gasteiger partial charge in [-0.05, 0) is 26.0 Å². The fraction of sp³-hybridized carbons (Fsp3) is 0.300. The van der Waals surface area contributed by atoms with Gasteiger partial charge < -0.3 is 4.74 Å². The Balaban J connectivity index is 2.99. The summed E-state index contributed by atoms with van der Waals surface area (Å²) in [6, 6.07) is 5.53. The smallest absolute Gasteiger partial charge is 0.214 e. The first-order chi connectivity index (χ1) is 6.15. The first-order valence-electron chi connectivity index (χ1n) is 4.13. The number of halogens is 1. The molecule has 70 valence electrons. The number of nitrogens with one attached hydrogen (secondary N) is 1. The Morgan fingerprint density at radius 3 is 2.85 bits per heavy atom. The van der Waals surface area contributed by atoms with Gasteiger partial charge in [0.15, 0.2) is 0 Å². The van der Waals surface area contributed by atoms with Gasteiger partial charge in [-0.25, -0.2) is 0 Å². The molecule has 1 aromatic carbocycles. The molecule has 0 saturated carbocycles. The van der Waals surface area contributed by atoms with Crippen molar-refractivity contribution in [2.75, 3.05) is 6.61 Å². The average molecular weight is 198 g/mol. The van der Waals surface area contributed by atoms with E-state index in [0.717, 1.165) is 5.56 Å². The van der Waals surface area contributed by atoms with Gasteiger partial charge in [-0.2, -0.15) is 0 Å². The Bertz CT molecular complexity index is 323. The van der Waals surface area contributed by atoms with E-state index in [1.54, 1.807) is 6.07 Å². The van der Waals surface area contributed by atoms with Crippen LogP contribution in [0.3, 0.4) is 0 Å². The Morgan fingerprint density at radius 2 is 2.23 bits per heavy atom. The largest absolute Gasteiger partial charge is 0.478 e. The lowest BCUT2D eigenvalue weighted by atomic mass is 10.1. The van der Waals surface area contributed by atoms with Gasteiger partial charge in [0.05, 0.1) is 17.2 Å². The summed E-state index contributed by atoms with van der Waals surface area (Å²) >= 11 is 5.91. The average Bonchev–Trinajstić information content (AvgIpc) is 2.09. The summed E-state index contributed by atoms with van der Waals surface area (Å²) in [6.45, 7) is 4.29. The van der Waals surface area contributed by atoms with E-state index < -0.39 is 0 Å². The van der Waals surface area contributed by atoms with Gasteiger partial charge in [-0.15, -0.1) is 0 Å². The summed E-state index contributed by atoms with van der Waals surface area (Å²) in [4.78, 5) is 0. The Hall–Kier alpha value is -1.02. The summed E-state index contributed by atoms with van der Waals surface area (Å²) in [7, 11) is 0. The molecule has 3 heteroatoms. The number of aryl methyl sites for hydroxylation is 1. The highest BCUT2D eigenvalue weighted by atomic mass is 35.5. The molecule has 0 unspecified atom stereocenters. The summed E-state index contributed by atoms with van der Waals surface area (Å²) in [6.07, 6.45) is 0. The topological polar surface area (TPSA) is 33.1 Å². The van der Waals surface area contributed by atoms with Crippen molar-refractivity contribution in [2.45, 2.75) is 13.8 Å². The van der Waals surface area contributed by atoms with E-state index in [9.17, 15) is 0 Å². The monoisotopic (exact) mass is 197 g/mol. The lowest BCUT2D eigenvalue weighted by Gasteiger charge is -2.07. The maximum Gasteiger partial charge on any atom is 0.214 e. The van der Waals surface area contributed by atoms with Crippen molar-refractivity contribution in [2.24, 2.45) is 0 Å². The highest BCUT2D eigenvalue weighted by Crippen LogP contribution is 2.18. The molecule has 0 aliphatic rings. The van der Waals surface area contributed by atoms with Crippen molar-refractivity contribution >= 4 is 17.5 Å². The minimum Gasteiger partial charge on any atom is -0.478 e. The summed E-state index contributed by atoms with van der Waals surface area (Å²) in [5.74, 6) is 0.135. The molecule has 0 amide bonds. The van der Waals surface area contributed by atoms with Gasteiger partial charge in [0, 0.05) is 0 Å². The summed E-state index contributed by atoms with van der Waals surface area (Å²) in [5, 5.41) is 8.12. The van der Waals surface area contributed by atoms with Gasteiger partial charge in [-0.1, -0.05) is 23.2 Å². The van der Waals surface area contributed by atoms with Gasteiger partial charge in [0.25, 0.3) is 0 Å². The van der Waals surface area contributed by atoms with Crippen LogP contribution in [-0.4, -0.2) is 12.5 Å². The first-order valence-corrected chi connectivity index (χ1v) is 4.50. The quantitative estimate of drug-likeness (QED) is 0.574. The SMILES string of the molecule is CCOC(=N)c1cc(C)ccc1Cl. The third kappa shape index (κ3) is 2.46. The minimum absolute atomic E-state index is 0.135. The van der Waals surface area contributed by atoms with Crippen molar-refractivity contribution in [3.63, 3.8) is 0 Å². The molecule has 0 radical (unpaired) electrons. The van der Waals surface area contributed by atoms with Gasteiger partial charge in [-0.3, -0.25) is 5.41 Å².